The summed E-state index contributed by atoms with van der Waals surface area (Å²) in [6.07, 6.45) is 0. The summed E-state index contributed by atoms with van der Waals surface area (Å²) >= 11 is 3.05. The maximum Gasteiger partial charge on any atom is 0.265 e. The first-order valence-electron chi connectivity index (χ1n) is 4.34. The Labute approximate surface area is 94.0 Å². The number of aliphatic hydroxyl groups is 1. The molecule has 0 spiro atoms. The summed E-state index contributed by atoms with van der Waals surface area (Å²) in [6.45, 7) is -0.119. The maximum absolute atomic E-state index is 11.3. The van der Waals surface area contributed by atoms with Crippen LogP contribution >= 0.6 is 15.9 Å². The Hall–Kier alpha value is -1.20. The first-order valence-corrected chi connectivity index (χ1v) is 5.47. The van der Waals surface area contributed by atoms with Crippen LogP contribution < -0.4 is 0 Å². The van der Waals surface area contributed by atoms with E-state index in [2.05, 4.69) is 20.9 Å². The third-order valence-corrected chi connectivity index (χ3v) is 2.54. The number of carbonyl (C=O) groups excluding carboxylic acids is 1. The average Bonchev–Trinajstić information content (AvgIpc) is 2.71. The predicted molar refractivity (Wildman–Crippen MR) is 58.1 cm³/mol. The molecule has 0 saturated carbocycles. The number of hydrogen-bond donors (Lipinski definition) is 1. The molecule has 1 aromatic carbocycles. The van der Waals surface area contributed by atoms with Gasteiger partial charge >= 0.3 is 0 Å². The van der Waals surface area contributed by atoms with E-state index < -0.39 is 0 Å². The monoisotopic (exact) mass is 269 g/mol. The van der Waals surface area contributed by atoms with E-state index in [1.165, 1.54) is 0 Å². The number of halogens is 1. The number of aromatic nitrogens is 1. The number of oxazole rings is 1. The fourth-order valence-corrected chi connectivity index (χ4v) is 1.55. The molecule has 1 heterocycles. The minimum atomic E-state index is -0.213. The van der Waals surface area contributed by atoms with Gasteiger partial charge in [0.05, 0.1) is 11.9 Å². The van der Waals surface area contributed by atoms with Crippen molar-refractivity contribution in [1.82, 2.24) is 4.98 Å². The predicted octanol–water partition coefficient (Wildman–Crippen LogP) is 1.90. The summed E-state index contributed by atoms with van der Waals surface area (Å²) in [6, 6.07) is 5.21. The van der Waals surface area contributed by atoms with Gasteiger partial charge in [-0.05, 0) is 6.07 Å². The topological polar surface area (TPSA) is 63.3 Å². The van der Waals surface area contributed by atoms with Crippen LogP contribution in [-0.4, -0.2) is 21.2 Å². The van der Waals surface area contributed by atoms with Crippen molar-refractivity contribution in [2.45, 2.75) is 6.61 Å². The Morgan fingerprint density at radius 3 is 3.00 bits per heavy atom. The summed E-state index contributed by atoms with van der Waals surface area (Å²) in [5.41, 5.74) is 1.72. The van der Waals surface area contributed by atoms with Crippen molar-refractivity contribution in [2.75, 3.05) is 5.33 Å². The van der Waals surface area contributed by atoms with E-state index in [4.69, 9.17) is 9.52 Å². The van der Waals surface area contributed by atoms with Crippen molar-refractivity contribution in [1.29, 1.82) is 0 Å². The molecule has 0 aliphatic carbocycles. The van der Waals surface area contributed by atoms with Crippen LogP contribution in [0.2, 0.25) is 0 Å². The van der Waals surface area contributed by atoms with Crippen LogP contribution in [0.15, 0.2) is 22.6 Å². The number of nitrogens with zero attached hydrogens (tertiary/aromatic N) is 1. The summed E-state index contributed by atoms with van der Waals surface area (Å²) in [4.78, 5) is 15.4. The van der Waals surface area contributed by atoms with E-state index in [0.717, 1.165) is 0 Å². The Balaban J connectivity index is 2.60. The number of carbonyl (C=O) groups is 1. The number of benzene rings is 1. The summed E-state index contributed by atoms with van der Waals surface area (Å²) in [5.74, 6) is -0.141. The van der Waals surface area contributed by atoms with E-state index in [9.17, 15) is 4.79 Å². The minimum Gasteiger partial charge on any atom is -0.434 e. The van der Waals surface area contributed by atoms with Gasteiger partial charge in [0, 0.05) is 5.56 Å². The van der Waals surface area contributed by atoms with Gasteiger partial charge in [-0.2, -0.15) is 0 Å². The highest BCUT2D eigenvalue weighted by Gasteiger charge is 2.14. The molecule has 0 saturated heterocycles. The Morgan fingerprint density at radius 1 is 1.53 bits per heavy atom. The lowest BCUT2D eigenvalue weighted by Crippen LogP contribution is -1.99. The van der Waals surface area contributed by atoms with Crippen molar-refractivity contribution in [3.05, 3.63) is 29.7 Å². The summed E-state index contributed by atoms with van der Waals surface area (Å²) in [7, 11) is 0. The lowest BCUT2D eigenvalue weighted by atomic mass is 10.2. The van der Waals surface area contributed by atoms with Gasteiger partial charge in [0.1, 0.15) is 5.52 Å². The van der Waals surface area contributed by atoms with Gasteiger partial charge in [-0.3, -0.25) is 4.79 Å². The zero-order chi connectivity index (χ0) is 10.8. The lowest BCUT2D eigenvalue weighted by Gasteiger charge is -1.93. The Bertz CT molecular complexity index is 506. The second-order valence-electron chi connectivity index (χ2n) is 3.00. The Kier molecular flexibility index (Phi) is 2.83. The quantitative estimate of drug-likeness (QED) is 0.683. The average molecular weight is 270 g/mol. The van der Waals surface area contributed by atoms with Crippen molar-refractivity contribution < 1.29 is 14.3 Å². The molecule has 0 radical (unpaired) electrons. The second-order valence-corrected chi connectivity index (χ2v) is 3.56. The molecule has 0 aliphatic rings. The molecule has 4 nitrogen and oxygen atoms in total. The number of alkyl halides is 1. The zero-order valence-electron chi connectivity index (χ0n) is 7.74. The van der Waals surface area contributed by atoms with Crippen LogP contribution in [-0.2, 0) is 6.61 Å². The molecule has 0 aliphatic heterocycles. The van der Waals surface area contributed by atoms with Crippen molar-refractivity contribution in [2.24, 2.45) is 0 Å². The molecule has 1 N–H and O–H groups in total. The molecule has 2 rings (SSSR count). The molecule has 0 unspecified atom stereocenters. The number of fused-ring (bicyclic) bond motifs is 1. The molecule has 15 heavy (non-hydrogen) atoms. The van der Waals surface area contributed by atoms with E-state index in [1.807, 2.05) is 0 Å². The smallest absolute Gasteiger partial charge is 0.265 e. The number of Topliss-reactive ketones (excluding diaryl/α,β-unsaturated/α-hetero) is 1. The van der Waals surface area contributed by atoms with Gasteiger partial charge in [0.2, 0.25) is 5.78 Å². The number of para-hydroxylation sites is 1. The largest absolute Gasteiger partial charge is 0.434 e. The summed E-state index contributed by atoms with van der Waals surface area (Å²) in [5, 5.41) is 9.24. The lowest BCUT2D eigenvalue weighted by molar-refractivity contribution is 0.0989. The molecule has 78 valence electrons. The first kappa shape index (κ1) is 10.3. The van der Waals surface area contributed by atoms with Crippen LogP contribution in [0.25, 0.3) is 11.1 Å². The van der Waals surface area contributed by atoms with Gasteiger partial charge in [-0.15, -0.1) is 0 Å². The van der Waals surface area contributed by atoms with Gasteiger partial charge < -0.3 is 9.52 Å². The molecule has 0 fully saturated rings. The third kappa shape index (κ3) is 1.80. The van der Waals surface area contributed by atoms with Gasteiger partial charge in [0.15, 0.2) is 5.58 Å². The second kappa shape index (κ2) is 4.12. The normalized spacial score (nSPS) is 10.8. The third-order valence-electron chi connectivity index (χ3n) is 2.03. The van der Waals surface area contributed by atoms with Gasteiger partial charge in [0.25, 0.3) is 5.89 Å². The van der Waals surface area contributed by atoms with Crippen LogP contribution in [0.4, 0.5) is 0 Å². The van der Waals surface area contributed by atoms with Crippen molar-refractivity contribution in [3.8, 4) is 0 Å². The highest BCUT2D eigenvalue weighted by molar-refractivity contribution is 9.09. The first-order chi connectivity index (χ1) is 7.26. The van der Waals surface area contributed by atoms with Crippen LogP contribution in [0, 0.1) is 0 Å². The zero-order valence-corrected chi connectivity index (χ0v) is 9.32. The molecule has 1 aromatic heterocycles. The highest BCUT2D eigenvalue weighted by atomic mass is 79.9. The van der Waals surface area contributed by atoms with Crippen LogP contribution in [0.3, 0.4) is 0 Å². The maximum atomic E-state index is 11.3. The molecule has 0 bridgehead atoms. The van der Waals surface area contributed by atoms with Crippen molar-refractivity contribution in [3.63, 3.8) is 0 Å². The van der Waals surface area contributed by atoms with Gasteiger partial charge in [-0.25, -0.2) is 4.98 Å². The van der Waals surface area contributed by atoms with E-state index in [0.29, 0.717) is 16.7 Å². The number of hydrogen-bond acceptors (Lipinski definition) is 4. The number of rotatable bonds is 3. The van der Waals surface area contributed by atoms with Crippen LogP contribution in [0.5, 0.6) is 0 Å². The molecular weight excluding hydrogens is 262 g/mol. The Morgan fingerprint density at radius 2 is 2.33 bits per heavy atom. The van der Waals surface area contributed by atoms with Gasteiger partial charge in [-0.1, -0.05) is 28.1 Å². The van der Waals surface area contributed by atoms with Crippen LogP contribution in [0.1, 0.15) is 16.2 Å². The number of ketones is 1. The molecule has 5 heteroatoms. The SMILES string of the molecule is O=C(CBr)c1nc2c(CO)cccc2o1. The fraction of sp³-hybridized carbons (Fsp3) is 0.200. The standard InChI is InChI=1S/C10H8BrNO3/c11-4-7(14)10-12-9-6(5-13)2-1-3-8(9)15-10/h1-3,13H,4-5H2. The van der Waals surface area contributed by atoms with E-state index in [-0.39, 0.29) is 23.6 Å². The summed E-state index contributed by atoms with van der Waals surface area (Å²) < 4.78 is 5.26. The highest BCUT2D eigenvalue weighted by Crippen LogP contribution is 2.20. The minimum absolute atomic E-state index is 0.0720. The molecule has 0 atom stereocenters. The molecule has 2 aromatic rings. The fourth-order valence-electron chi connectivity index (χ4n) is 1.31. The number of aliphatic hydroxyl groups excluding tert-OH is 1. The molecular formula is C10H8BrNO3. The van der Waals surface area contributed by atoms with Crippen molar-refractivity contribution >= 4 is 32.8 Å². The molecule has 0 amide bonds. The van der Waals surface area contributed by atoms with E-state index in [1.54, 1.807) is 18.2 Å². The van der Waals surface area contributed by atoms with E-state index >= 15 is 0 Å².